The first-order chi connectivity index (χ1) is 13.4. The summed E-state index contributed by atoms with van der Waals surface area (Å²) in [6.07, 6.45) is 1.13. The fraction of sp³-hybridized carbons (Fsp3) is 0.714. The van der Waals surface area contributed by atoms with E-state index >= 15 is 0 Å². The lowest BCUT2D eigenvalue weighted by Crippen LogP contribution is -2.44. The van der Waals surface area contributed by atoms with Crippen LogP contribution in [0, 0.1) is 5.41 Å². The normalized spacial score (nSPS) is 13.7. The van der Waals surface area contributed by atoms with Gasteiger partial charge >= 0.3 is 12.2 Å². The Balaban J connectivity index is 3.30. The third-order valence-electron chi connectivity index (χ3n) is 3.45. The van der Waals surface area contributed by atoms with Gasteiger partial charge < -0.3 is 13.9 Å². The molecule has 0 saturated heterocycles. The summed E-state index contributed by atoms with van der Waals surface area (Å²) in [4.78, 5) is 34.7. The van der Waals surface area contributed by atoms with Gasteiger partial charge in [-0.2, -0.15) is 0 Å². The first kappa shape index (κ1) is 26.0. The van der Waals surface area contributed by atoms with Crippen molar-refractivity contribution in [3.05, 3.63) is 18.0 Å². The average molecular weight is 439 g/mol. The number of amides is 2. The molecule has 0 aromatic carbocycles. The van der Waals surface area contributed by atoms with E-state index in [4.69, 9.17) is 13.9 Å². The topological polar surface area (TPSA) is 90.8 Å². The van der Waals surface area contributed by atoms with Crippen molar-refractivity contribution in [3.63, 3.8) is 0 Å². The van der Waals surface area contributed by atoms with Crippen LogP contribution in [0.2, 0.25) is 13.1 Å². The Morgan fingerprint density at radius 3 is 1.57 bits per heavy atom. The summed E-state index contributed by atoms with van der Waals surface area (Å²) in [6, 6.07) is 0. The van der Waals surface area contributed by atoms with Crippen molar-refractivity contribution >= 4 is 27.2 Å². The number of hydrogen-bond donors (Lipinski definition) is 0. The molecule has 8 nitrogen and oxygen atoms in total. The molecule has 0 N–H and O–H groups in total. The molecule has 30 heavy (non-hydrogen) atoms. The highest BCUT2D eigenvalue weighted by molar-refractivity contribution is 6.48. The molecule has 169 valence electrons. The Labute approximate surface area is 182 Å². The van der Waals surface area contributed by atoms with Crippen LogP contribution in [0.4, 0.5) is 15.5 Å². The van der Waals surface area contributed by atoms with Crippen LogP contribution in [0.5, 0.6) is 0 Å². The summed E-state index contributed by atoms with van der Waals surface area (Å²) < 4.78 is 16.9. The zero-order chi connectivity index (χ0) is 23.5. The van der Waals surface area contributed by atoms with E-state index in [1.165, 1.54) is 0 Å². The third-order valence-corrected chi connectivity index (χ3v) is 4.16. The molecule has 0 bridgehead atoms. The maximum atomic E-state index is 12.7. The van der Waals surface area contributed by atoms with Crippen molar-refractivity contribution in [2.24, 2.45) is 5.41 Å². The van der Waals surface area contributed by atoms with Crippen LogP contribution < -0.4 is 4.90 Å². The molecule has 1 atom stereocenters. The largest absolute Gasteiger partial charge is 0.443 e. The van der Waals surface area contributed by atoms with E-state index in [2.05, 4.69) is 43.8 Å². The second-order valence-corrected chi connectivity index (χ2v) is 12.4. The molecule has 9 heteroatoms. The minimum absolute atomic E-state index is 0.117. The van der Waals surface area contributed by atoms with Gasteiger partial charge in [0.2, 0.25) is 15.0 Å². The molecule has 0 aliphatic carbocycles. The number of carbonyl (C=O) groups is 2. The maximum absolute atomic E-state index is 12.7. The van der Waals surface area contributed by atoms with E-state index in [1.54, 1.807) is 53.9 Å². The first-order valence-electron chi connectivity index (χ1n) is 9.95. The lowest BCUT2D eigenvalue weighted by molar-refractivity contribution is 0.0427. The van der Waals surface area contributed by atoms with E-state index in [0.717, 1.165) is 5.56 Å². The van der Waals surface area contributed by atoms with Crippen LogP contribution >= 0.6 is 0 Å². The molecule has 1 aromatic heterocycles. The van der Waals surface area contributed by atoms with Gasteiger partial charge in [0.15, 0.2) is 0 Å². The minimum Gasteiger partial charge on any atom is -0.443 e. The first-order valence-corrected chi connectivity index (χ1v) is 12.4. The van der Waals surface area contributed by atoms with Crippen molar-refractivity contribution in [2.45, 2.75) is 92.7 Å². The SMILES string of the molecule is C[Si](C)OC(c1cnc(N(C(=O)OC(C)(C)C)C(=O)OC(C)(C)C)nc1)C(C)(C)C. The lowest BCUT2D eigenvalue weighted by Gasteiger charge is -2.32. The van der Waals surface area contributed by atoms with Gasteiger partial charge in [-0.3, -0.25) is 0 Å². The summed E-state index contributed by atoms with van der Waals surface area (Å²) in [5.41, 5.74) is -1.01. The predicted molar refractivity (Wildman–Crippen MR) is 118 cm³/mol. The molecule has 0 saturated carbocycles. The number of rotatable bonds is 4. The summed E-state index contributed by atoms with van der Waals surface area (Å²) >= 11 is 0. The van der Waals surface area contributed by atoms with Crippen molar-refractivity contribution < 1.29 is 23.5 Å². The molecular weight excluding hydrogens is 402 g/mol. The van der Waals surface area contributed by atoms with Crippen molar-refractivity contribution in [3.8, 4) is 0 Å². The summed E-state index contributed by atoms with van der Waals surface area (Å²) in [5, 5.41) is 0. The van der Waals surface area contributed by atoms with Crippen molar-refractivity contribution in [2.75, 3.05) is 4.90 Å². The molecule has 1 rings (SSSR count). The molecule has 1 radical (unpaired) electrons. The van der Waals surface area contributed by atoms with E-state index in [1.807, 2.05) is 0 Å². The molecule has 0 spiro atoms. The number of nitrogens with zero attached hydrogens (tertiary/aromatic N) is 3. The van der Waals surface area contributed by atoms with Gasteiger partial charge in [-0.15, -0.1) is 4.90 Å². The molecule has 2 amide bonds. The van der Waals surface area contributed by atoms with Crippen molar-refractivity contribution in [1.82, 2.24) is 9.97 Å². The fourth-order valence-electron chi connectivity index (χ4n) is 2.42. The molecular formula is C21H36N3O5Si. The van der Waals surface area contributed by atoms with E-state index < -0.39 is 32.4 Å². The van der Waals surface area contributed by atoms with Gasteiger partial charge in [0, 0.05) is 18.0 Å². The van der Waals surface area contributed by atoms with Gasteiger partial charge in [0.05, 0.1) is 6.10 Å². The Bertz CT molecular complexity index is 703. The van der Waals surface area contributed by atoms with Gasteiger partial charge in [-0.1, -0.05) is 20.8 Å². The monoisotopic (exact) mass is 438 g/mol. The Kier molecular flexibility index (Phi) is 8.18. The van der Waals surface area contributed by atoms with E-state index in [9.17, 15) is 9.59 Å². The number of aromatic nitrogens is 2. The highest BCUT2D eigenvalue weighted by atomic mass is 28.3. The predicted octanol–water partition coefficient (Wildman–Crippen LogP) is 5.51. The average Bonchev–Trinajstić information content (AvgIpc) is 2.49. The molecule has 0 aliphatic heterocycles. The number of hydrogen-bond acceptors (Lipinski definition) is 7. The van der Waals surface area contributed by atoms with E-state index in [0.29, 0.717) is 4.90 Å². The van der Waals surface area contributed by atoms with Gasteiger partial charge in [0.25, 0.3) is 0 Å². The van der Waals surface area contributed by atoms with Crippen LogP contribution in [0.3, 0.4) is 0 Å². The third kappa shape index (κ3) is 8.39. The van der Waals surface area contributed by atoms with Crippen LogP contribution in [-0.2, 0) is 13.9 Å². The molecule has 0 aliphatic rings. The van der Waals surface area contributed by atoms with Gasteiger partial charge in [-0.25, -0.2) is 19.6 Å². The summed E-state index contributed by atoms with van der Waals surface area (Å²) in [7, 11) is -0.970. The Morgan fingerprint density at radius 1 is 0.867 bits per heavy atom. The molecule has 1 heterocycles. The highest BCUT2D eigenvalue weighted by Crippen LogP contribution is 2.36. The van der Waals surface area contributed by atoms with Crippen LogP contribution in [0.1, 0.15) is 74.0 Å². The number of carbonyl (C=O) groups excluding carboxylic acids is 2. The zero-order valence-electron chi connectivity index (χ0n) is 20.1. The minimum atomic E-state index is -0.970. The number of anilines is 1. The number of ether oxygens (including phenoxy) is 2. The highest BCUT2D eigenvalue weighted by Gasteiger charge is 2.35. The molecule has 1 unspecified atom stereocenters. The Hall–Kier alpha value is -2.00. The lowest BCUT2D eigenvalue weighted by atomic mass is 9.86. The fourth-order valence-corrected chi connectivity index (χ4v) is 3.38. The smallest absolute Gasteiger partial charge is 0.427 e. The summed E-state index contributed by atoms with van der Waals surface area (Å²) in [6.45, 7) is 20.6. The quantitative estimate of drug-likeness (QED) is 0.572. The van der Waals surface area contributed by atoms with Gasteiger partial charge in [0.1, 0.15) is 11.2 Å². The zero-order valence-corrected chi connectivity index (χ0v) is 21.1. The second kappa shape index (κ2) is 9.43. The van der Waals surface area contributed by atoms with Crippen LogP contribution in [0.15, 0.2) is 12.4 Å². The number of imide groups is 1. The maximum Gasteiger partial charge on any atom is 0.427 e. The van der Waals surface area contributed by atoms with Crippen LogP contribution in [-0.4, -0.2) is 42.4 Å². The summed E-state index contributed by atoms with van der Waals surface area (Å²) in [5.74, 6) is -0.117. The standard InChI is InChI=1S/C21H36N3O5Si/c1-19(2,3)15(29-30(10)11)14-12-22-16(23-13-14)24(17(25)27-20(4,5)6)18(26)28-21(7,8)9/h12-13,15H,1-11H3. The Morgan fingerprint density at radius 2 is 1.27 bits per heavy atom. The molecule has 0 fully saturated rings. The second-order valence-electron chi connectivity index (χ2n) is 10.4. The van der Waals surface area contributed by atoms with Crippen molar-refractivity contribution in [1.29, 1.82) is 0 Å². The van der Waals surface area contributed by atoms with Crippen LogP contribution in [0.25, 0.3) is 0 Å². The van der Waals surface area contributed by atoms with Gasteiger partial charge in [-0.05, 0) is 60.1 Å². The molecule has 1 aromatic rings. The van der Waals surface area contributed by atoms with E-state index in [-0.39, 0.29) is 17.5 Å².